The van der Waals surface area contributed by atoms with E-state index in [4.69, 9.17) is 9.15 Å². The van der Waals surface area contributed by atoms with E-state index >= 15 is 0 Å². The van der Waals surface area contributed by atoms with Crippen molar-refractivity contribution in [3.05, 3.63) is 77.7 Å². The lowest BCUT2D eigenvalue weighted by atomic mass is 10.1. The maximum absolute atomic E-state index is 12.5. The van der Waals surface area contributed by atoms with Crippen molar-refractivity contribution in [2.24, 2.45) is 0 Å². The van der Waals surface area contributed by atoms with Crippen LogP contribution in [0.5, 0.6) is 5.75 Å². The second-order valence-corrected chi connectivity index (χ2v) is 7.85. The number of furan rings is 1. The van der Waals surface area contributed by atoms with Gasteiger partial charge in [0.15, 0.2) is 0 Å². The molecule has 3 aromatic rings. The number of amides is 1. The quantitative estimate of drug-likeness (QED) is 0.634. The molecule has 0 aliphatic carbocycles. The molecular formula is C20H20N2O5S. The molecule has 0 unspecified atom stereocenters. The van der Waals surface area contributed by atoms with Crippen LogP contribution in [0, 0.1) is 6.92 Å². The molecule has 146 valence electrons. The summed E-state index contributed by atoms with van der Waals surface area (Å²) in [5.41, 5.74) is 1.85. The number of anilines is 1. The molecule has 0 bridgehead atoms. The maximum Gasteiger partial charge on any atom is 0.255 e. The van der Waals surface area contributed by atoms with Gasteiger partial charge in [-0.05, 0) is 61.0 Å². The van der Waals surface area contributed by atoms with E-state index < -0.39 is 10.0 Å². The highest BCUT2D eigenvalue weighted by molar-refractivity contribution is 7.89. The summed E-state index contributed by atoms with van der Waals surface area (Å²) in [6.45, 7) is 1.95. The number of carbonyl (C=O) groups excluding carboxylic acids is 1. The molecule has 1 aromatic heterocycles. The molecule has 0 fully saturated rings. The fourth-order valence-electron chi connectivity index (χ4n) is 2.56. The van der Waals surface area contributed by atoms with Gasteiger partial charge in [-0.3, -0.25) is 4.79 Å². The Bertz CT molecular complexity index is 1060. The van der Waals surface area contributed by atoms with E-state index in [2.05, 4.69) is 10.0 Å². The highest BCUT2D eigenvalue weighted by Gasteiger charge is 2.16. The van der Waals surface area contributed by atoms with Crippen molar-refractivity contribution in [3.63, 3.8) is 0 Å². The lowest BCUT2D eigenvalue weighted by Gasteiger charge is -2.11. The predicted octanol–water partition coefficient (Wildman–Crippen LogP) is 3.33. The third kappa shape index (κ3) is 4.59. The summed E-state index contributed by atoms with van der Waals surface area (Å²) < 4.78 is 37.5. The Balaban J connectivity index is 1.71. The van der Waals surface area contributed by atoms with Crippen LogP contribution >= 0.6 is 0 Å². The first-order valence-corrected chi connectivity index (χ1v) is 9.95. The molecule has 1 heterocycles. The van der Waals surface area contributed by atoms with Crippen molar-refractivity contribution in [2.75, 3.05) is 12.4 Å². The average Bonchev–Trinajstić information content (AvgIpc) is 3.20. The SMILES string of the molecule is COc1ccc(C)cc1NC(=O)c1ccc(S(=O)(=O)NCc2ccco2)cc1. The van der Waals surface area contributed by atoms with Crippen molar-refractivity contribution in [2.45, 2.75) is 18.4 Å². The lowest BCUT2D eigenvalue weighted by Crippen LogP contribution is -2.23. The topological polar surface area (TPSA) is 97.6 Å². The summed E-state index contributed by atoms with van der Waals surface area (Å²) in [5.74, 6) is 0.684. The van der Waals surface area contributed by atoms with Gasteiger partial charge in [-0.25, -0.2) is 13.1 Å². The van der Waals surface area contributed by atoms with Crippen LogP contribution in [0.15, 0.2) is 70.2 Å². The average molecular weight is 400 g/mol. The highest BCUT2D eigenvalue weighted by Crippen LogP contribution is 2.26. The Hall–Kier alpha value is -3.10. The summed E-state index contributed by atoms with van der Waals surface area (Å²) in [5, 5.41) is 2.78. The number of nitrogens with one attached hydrogen (secondary N) is 2. The molecular weight excluding hydrogens is 380 g/mol. The molecule has 0 saturated heterocycles. The smallest absolute Gasteiger partial charge is 0.255 e. The van der Waals surface area contributed by atoms with Crippen LogP contribution in [-0.4, -0.2) is 21.4 Å². The largest absolute Gasteiger partial charge is 0.495 e. The number of benzene rings is 2. The Morgan fingerprint density at radius 3 is 2.50 bits per heavy atom. The van der Waals surface area contributed by atoms with Gasteiger partial charge in [-0.2, -0.15) is 0 Å². The van der Waals surface area contributed by atoms with Crippen LogP contribution in [-0.2, 0) is 16.6 Å². The zero-order chi connectivity index (χ0) is 20.1. The zero-order valence-electron chi connectivity index (χ0n) is 15.4. The number of methoxy groups -OCH3 is 1. The number of sulfonamides is 1. The number of carbonyl (C=O) groups is 1. The molecule has 0 aliphatic heterocycles. The van der Waals surface area contributed by atoms with Crippen molar-refractivity contribution in [3.8, 4) is 5.75 Å². The molecule has 0 saturated carbocycles. The third-order valence-electron chi connectivity index (χ3n) is 4.05. The number of aryl methyl sites for hydroxylation is 1. The fraction of sp³-hybridized carbons (Fsp3) is 0.150. The van der Waals surface area contributed by atoms with Crippen LogP contribution < -0.4 is 14.8 Å². The Kier molecular flexibility index (Phi) is 5.81. The van der Waals surface area contributed by atoms with Gasteiger partial charge in [-0.1, -0.05) is 6.07 Å². The summed E-state index contributed by atoms with van der Waals surface area (Å²) in [6.07, 6.45) is 1.47. The normalized spacial score (nSPS) is 11.2. The highest BCUT2D eigenvalue weighted by atomic mass is 32.2. The predicted molar refractivity (Wildman–Crippen MR) is 105 cm³/mol. The summed E-state index contributed by atoms with van der Waals surface area (Å²) in [7, 11) is -2.19. The van der Waals surface area contributed by atoms with Crippen molar-refractivity contribution in [1.82, 2.24) is 4.72 Å². The standard InChI is InChI=1S/C20H20N2O5S/c1-14-5-10-19(26-2)18(12-14)22-20(23)15-6-8-17(9-7-15)28(24,25)21-13-16-4-3-11-27-16/h3-12,21H,13H2,1-2H3,(H,22,23). The Morgan fingerprint density at radius 1 is 1.11 bits per heavy atom. The molecule has 1 amide bonds. The van der Waals surface area contributed by atoms with E-state index in [1.807, 2.05) is 13.0 Å². The minimum atomic E-state index is -3.72. The van der Waals surface area contributed by atoms with E-state index in [1.165, 1.54) is 37.6 Å². The lowest BCUT2D eigenvalue weighted by molar-refractivity contribution is 0.102. The molecule has 7 nitrogen and oxygen atoms in total. The molecule has 28 heavy (non-hydrogen) atoms. The van der Waals surface area contributed by atoms with Crippen LogP contribution in [0.4, 0.5) is 5.69 Å². The molecule has 0 atom stereocenters. The maximum atomic E-state index is 12.5. The van der Waals surface area contributed by atoms with Crippen LogP contribution in [0.1, 0.15) is 21.7 Å². The summed E-state index contributed by atoms with van der Waals surface area (Å²) in [6, 6.07) is 14.5. The Labute approximate surface area is 163 Å². The second kappa shape index (κ2) is 8.28. The minimum absolute atomic E-state index is 0.0464. The molecule has 0 spiro atoms. The van der Waals surface area contributed by atoms with E-state index in [1.54, 1.807) is 24.3 Å². The van der Waals surface area contributed by atoms with Crippen molar-refractivity contribution in [1.29, 1.82) is 0 Å². The van der Waals surface area contributed by atoms with E-state index in [0.717, 1.165) is 5.56 Å². The molecule has 0 aliphatic rings. The monoisotopic (exact) mass is 400 g/mol. The van der Waals surface area contributed by atoms with Gasteiger partial charge >= 0.3 is 0 Å². The molecule has 2 N–H and O–H groups in total. The van der Waals surface area contributed by atoms with E-state index in [9.17, 15) is 13.2 Å². The van der Waals surface area contributed by atoms with Crippen molar-refractivity contribution < 1.29 is 22.4 Å². The zero-order valence-corrected chi connectivity index (χ0v) is 16.2. The summed E-state index contributed by atoms with van der Waals surface area (Å²) in [4.78, 5) is 12.6. The van der Waals surface area contributed by atoms with E-state index in [-0.39, 0.29) is 17.3 Å². The van der Waals surface area contributed by atoms with Gasteiger partial charge in [0.25, 0.3) is 5.91 Å². The van der Waals surface area contributed by atoms with Gasteiger partial charge < -0.3 is 14.5 Å². The van der Waals surface area contributed by atoms with Gasteiger partial charge in [0.1, 0.15) is 11.5 Å². The molecule has 3 rings (SSSR count). The van der Waals surface area contributed by atoms with E-state index in [0.29, 0.717) is 22.8 Å². The van der Waals surface area contributed by atoms with Crippen molar-refractivity contribution >= 4 is 21.6 Å². The number of ether oxygens (including phenoxy) is 1. The molecule has 2 aromatic carbocycles. The van der Waals surface area contributed by atoms with Crippen LogP contribution in [0.25, 0.3) is 0 Å². The van der Waals surface area contributed by atoms with Gasteiger partial charge in [-0.15, -0.1) is 0 Å². The third-order valence-corrected chi connectivity index (χ3v) is 5.46. The summed E-state index contributed by atoms with van der Waals surface area (Å²) >= 11 is 0. The minimum Gasteiger partial charge on any atom is -0.495 e. The first kappa shape index (κ1) is 19.7. The second-order valence-electron chi connectivity index (χ2n) is 6.09. The first-order chi connectivity index (χ1) is 13.4. The van der Waals surface area contributed by atoms with Crippen LogP contribution in [0.2, 0.25) is 0 Å². The molecule has 8 heteroatoms. The van der Waals surface area contributed by atoms with Gasteiger partial charge in [0.2, 0.25) is 10.0 Å². The molecule has 0 radical (unpaired) electrons. The van der Waals surface area contributed by atoms with Gasteiger partial charge in [0.05, 0.1) is 30.5 Å². The fourth-order valence-corrected chi connectivity index (χ4v) is 3.56. The number of rotatable bonds is 7. The van der Waals surface area contributed by atoms with Gasteiger partial charge in [0, 0.05) is 5.56 Å². The number of hydrogen-bond acceptors (Lipinski definition) is 5. The van der Waals surface area contributed by atoms with Crippen LogP contribution in [0.3, 0.4) is 0 Å². The number of hydrogen-bond donors (Lipinski definition) is 2. The Morgan fingerprint density at radius 2 is 1.86 bits per heavy atom. The first-order valence-electron chi connectivity index (χ1n) is 8.47.